The summed E-state index contributed by atoms with van der Waals surface area (Å²) in [6.45, 7) is 6.92. The summed E-state index contributed by atoms with van der Waals surface area (Å²) >= 11 is 0. The third-order valence-corrected chi connectivity index (χ3v) is 6.77. The molecule has 31 heavy (non-hydrogen) atoms. The van der Waals surface area contributed by atoms with Gasteiger partial charge in [0.25, 0.3) is 0 Å². The van der Waals surface area contributed by atoms with Crippen LogP contribution < -0.4 is 0 Å². The molecule has 0 aliphatic rings. The molecule has 0 aliphatic carbocycles. The van der Waals surface area contributed by atoms with Crippen molar-refractivity contribution in [2.45, 2.75) is 162 Å². The number of unbranched alkanes of at least 4 members (excludes halogenated alkanes) is 17. The number of methoxy groups -OCH3 is 1. The fourth-order valence-electron chi connectivity index (χ4n) is 4.61. The minimum absolute atomic E-state index is 0.0244. The number of hydrogen-bond donors (Lipinski definition) is 0. The van der Waals surface area contributed by atoms with Crippen LogP contribution in [0.25, 0.3) is 0 Å². The second-order valence-corrected chi connectivity index (χ2v) is 10.3. The fourth-order valence-corrected chi connectivity index (χ4v) is 4.61. The summed E-state index contributed by atoms with van der Waals surface area (Å²) < 4.78 is 5.07. The second kappa shape index (κ2) is 24.1. The van der Waals surface area contributed by atoms with Gasteiger partial charge < -0.3 is 4.74 Å². The number of ether oxygens (including phenoxy) is 1. The molecule has 0 heterocycles. The minimum Gasteiger partial charge on any atom is -0.469 e. The maximum atomic E-state index is 12.1. The Morgan fingerprint density at radius 2 is 0.871 bits per heavy atom. The molecule has 1 atom stereocenters. The molecule has 186 valence electrons. The molecule has 0 bridgehead atoms. The smallest absolute Gasteiger partial charge is 0.308 e. The molecule has 0 spiro atoms. The standard InChI is InChI=1S/C29H58O2/c1-5-6-7-8-9-16-19-22-25-28(29(30)31-4)26-23-20-17-14-12-10-11-13-15-18-21-24-27(2)3/h27-28H,5-26H2,1-4H3. The van der Waals surface area contributed by atoms with Crippen LogP contribution in [0.15, 0.2) is 0 Å². The van der Waals surface area contributed by atoms with Gasteiger partial charge in [-0.05, 0) is 18.8 Å². The van der Waals surface area contributed by atoms with Crippen LogP contribution in [0, 0.1) is 11.8 Å². The van der Waals surface area contributed by atoms with Gasteiger partial charge in [0.05, 0.1) is 13.0 Å². The highest BCUT2D eigenvalue weighted by Gasteiger charge is 2.18. The van der Waals surface area contributed by atoms with Crippen molar-refractivity contribution < 1.29 is 9.53 Å². The monoisotopic (exact) mass is 438 g/mol. The Kier molecular flexibility index (Phi) is 23.7. The van der Waals surface area contributed by atoms with Gasteiger partial charge in [0, 0.05) is 0 Å². The van der Waals surface area contributed by atoms with Crippen LogP contribution in [-0.4, -0.2) is 13.1 Å². The Balaban J connectivity index is 3.54. The zero-order chi connectivity index (χ0) is 23.0. The van der Waals surface area contributed by atoms with Crippen molar-refractivity contribution in [1.29, 1.82) is 0 Å². The lowest BCUT2D eigenvalue weighted by Crippen LogP contribution is -2.16. The molecule has 0 aliphatic heterocycles. The van der Waals surface area contributed by atoms with E-state index in [9.17, 15) is 4.79 Å². The largest absolute Gasteiger partial charge is 0.469 e. The molecule has 0 N–H and O–H groups in total. The van der Waals surface area contributed by atoms with Gasteiger partial charge in [-0.2, -0.15) is 0 Å². The first-order chi connectivity index (χ1) is 15.1. The van der Waals surface area contributed by atoms with E-state index in [4.69, 9.17) is 4.74 Å². The predicted octanol–water partition coefficient (Wildman–Crippen LogP) is 10.0. The molecular formula is C29H58O2. The van der Waals surface area contributed by atoms with Crippen LogP contribution >= 0.6 is 0 Å². The fraction of sp³-hybridized carbons (Fsp3) is 0.966. The molecule has 2 heteroatoms. The van der Waals surface area contributed by atoms with Crippen LogP contribution in [0.5, 0.6) is 0 Å². The van der Waals surface area contributed by atoms with Gasteiger partial charge in [-0.25, -0.2) is 0 Å². The van der Waals surface area contributed by atoms with E-state index in [0.29, 0.717) is 0 Å². The summed E-state index contributed by atoms with van der Waals surface area (Å²) in [4.78, 5) is 12.1. The zero-order valence-corrected chi connectivity index (χ0v) is 22.0. The number of carbonyl (C=O) groups is 1. The Bertz CT molecular complexity index is 364. The van der Waals surface area contributed by atoms with Gasteiger partial charge in [0.2, 0.25) is 0 Å². The van der Waals surface area contributed by atoms with E-state index in [0.717, 1.165) is 18.8 Å². The Labute approximate surface area is 196 Å². The van der Waals surface area contributed by atoms with Crippen molar-refractivity contribution in [3.05, 3.63) is 0 Å². The maximum Gasteiger partial charge on any atom is 0.308 e. The topological polar surface area (TPSA) is 26.3 Å². The molecule has 0 amide bonds. The van der Waals surface area contributed by atoms with Gasteiger partial charge in [-0.1, -0.05) is 149 Å². The van der Waals surface area contributed by atoms with Gasteiger partial charge in [0.1, 0.15) is 0 Å². The summed E-state index contributed by atoms with van der Waals surface area (Å²) in [6, 6.07) is 0. The highest BCUT2D eigenvalue weighted by molar-refractivity contribution is 5.72. The molecule has 0 fully saturated rings. The lowest BCUT2D eigenvalue weighted by molar-refractivity contribution is -0.146. The van der Waals surface area contributed by atoms with Crippen molar-refractivity contribution in [2.75, 3.05) is 7.11 Å². The van der Waals surface area contributed by atoms with E-state index in [2.05, 4.69) is 20.8 Å². The van der Waals surface area contributed by atoms with Crippen molar-refractivity contribution in [3.63, 3.8) is 0 Å². The molecule has 0 aromatic rings. The van der Waals surface area contributed by atoms with Crippen molar-refractivity contribution in [2.24, 2.45) is 11.8 Å². The first-order valence-electron chi connectivity index (χ1n) is 14.2. The SMILES string of the molecule is CCCCCCCCCCC(CCCCCCCCCCCCCC(C)C)C(=O)OC. The summed E-state index contributed by atoms with van der Waals surface area (Å²) in [7, 11) is 1.55. The van der Waals surface area contributed by atoms with Gasteiger partial charge in [-0.3, -0.25) is 4.79 Å². The molecule has 0 rings (SSSR count). The molecular weight excluding hydrogens is 380 g/mol. The molecule has 1 unspecified atom stereocenters. The number of esters is 1. The number of carbonyl (C=O) groups excluding carboxylic acids is 1. The van der Waals surface area contributed by atoms with E-state index in [1.807, 2.05) is 0 Å². The quantitative estimate of drug-likeness (QED) is 0.111. The third kappa shape index (κ3) is 22.5. The lowest BCUT2D eigenvalue weighted by atomic mass is 9.94. The average Bonchev–Trinajstić information content (AvgIpc) is 2.76. The number of rotatable bonds is 24. The summed E-state index contributed by atoms with van der Waals surface area (Å²) in [6.07, 6.45) is 29.2. The molecule has 0 aromatic heterocycles. The molecule has 2 nitrogen and oxygen atoms in total. The number of hydrogen-bond acceptors (Lipinski definition) is 2. The van der Waals surface area contributed by atoms with Crippen LogP contribution in [-0.2, 0) is 9.53 Å². The van der Waals surface area contributed by atoms with Crippen LogP contribution in [0.2, 0.25) is 0 Å². The highest BCUT2D eigenvalue weighted by Crippen LogP contribution is 2.21. The molecule has 0 aromatic carbocycles. The van der Waals surface area contributed by atoms with Gasteiger partial charge in [-0.15, -0.1) is 0 Å². The maximum absolute atomic E-state index is 12.1. The van der Waals surface area contributed by atoms with E-state index in [1.54, 1.807) is 7.11 Å². The van der Waals surface area contributed by atoms with E-state index < -0.39 is 0 Å². The first kappa shape index (κ1) is 30.5. The first-order valence-corrected chi connectivity index (χ1v) is 14.2. The van der Waals surface area contributed by atoms with Crippen LogP contribution in [0.3, 0.4) is 0 Å². The molecule has 0 radical (unpaired) electrons. The van der Waals surface area contributed by atoms with Crippen molar-refractivity contribution >= 4 is 5.97 Å². The minimum atomic E-state index is 0.0244. The van der Waals surface area contributed by atoms with Crippen molar-refractivity contribution in [3.8, 4) is 0 Å². The van der Waals surface area contributed by atoms with E-state index >= 15 is 0 Å². The lowest BCUT2D eigenvalue weighted by Gasteiger charge is -2.14. The van der Waals surface area contributed by atoms with E-state index in [-0.39, 0.29) is 11.9 Å². The Hall–Kier alpha value is -0.530. The van der Waals surface area contributed by atoms with Gasteiger partial charge >= 0.3 is 5.97 Å². The Morgan fingerprint density at radius 1 is 0.548 bits per heavy atom. The summed E-state index contributed by atoms with van der Waals surface area (Å²) in [5.41, 5.74) is 0. The summed E-state index contributed by atoms with van der Waals surface area (Å²) in [5, 5.41) is 0. The highest BCUT2D eigenvalue weighted by atomic mass is 16.5. The second-order valence-electron chi connectivity index (χ2n) is 10.3. The van der Waals surface area contributed by atoms with Crippen LogP contribution in [0.1, 0.15) is 162 Å². The zero-order valence-electron chi connectivity index (χ0n) is 22.0. The average molecular weight is 439 g/mol. The normalized spacial score (nSPS) is 12.4. The third-order valence-electron chi connectivity index (χ3n) is 6.77. The Morgan fingerprint density at radius 3 is 1.19 bits per heavy atom. The predicted molar refractivity (Wildman–Crippen MR) is 138 cm³/mol. The van der Waals surface area contributed by atoms with Gasteiger partial charge in [0.15, 0.2) is 0 Å². The molecule has 0 saturated carbocycles. The van der Waals surface area contributed by atoms with Crippen molar-refractivity contribution in [1.82, 2.24) is 0 Å². The van der Waals surface area contributed by atoms with Crippen LogP contribution in [0.4, 0.5) is 0 Å². The molecule has 0 saturated heterocycles. The summed E-state index contributed by atoms with van der Waals surface area (Å²) in [5.74, 6) is 1.03. The van der Waals surface area contributed by atoms with E-state index in [1.165, 1.54) is 128 Å².